The standard InChI is InChI=1S/C36H25NO3SSi/c38-41(39)33-21-11-12-22-35(33)42(27-13-3-1-4-14-27,28-15-5-2-6-16-28)36-24-23-26(25-34(36)41)37-29-17-7-9-19-31(29)40-32-20-10-8-18-30(32)37/h1-25H/q-1. The Kier molecular flexibility index (Phi) is 5.51. The van der Waals surface area contributed by atoms with Crippen LogP contribution in [0.25, 0.3) is 0 Å². The first kappa shape index (κ1) is 24.8. The number of ether oxygens (including phenoxy) is 1. The van der Waals surface area contributed by atoms with Crippen LogP contribution in [0.15, 0.2) is 161 Å². The van der Waals surface area contributed by atoms with E-state index < -0.39 is 17.9 Å². The van der Waals surface area contributed by atoms with Gasteiger partial charge in [0, 0.05) is 15.5 Å². The van der Waals surface area contributed by atoms with Gasteiger partial charge in [-0.15, -0.1) is 0 Å². The zero-order chi connectivity index (χ0) is 28.3. The van der Waals surface area contributed by atoms with E-state index in [1.165, 1.54) is 0 Å². The lowest BCUT2D eigenvalue weighted by Crippen LogP contribution is -2.77. The largest absolute Gasteiger partial charge is 0.453 e. The highest BCUT2D eigenvalue weighted by atomic mass is 32.2. The second kappa shape index (κ2) is 9.31. The fraction of sp³-hybridized carbons (Fsp3) is 0. The first-order valence-corrected chi connectivity index (χ1v) is 17.3. The summed E-state index contributed by atoms with van der Waals surface area (Å²) >= 11 is 0. The van der Waals surface area contributed by atoms with Crippen LogP contribution < -0.4 is 30.4 Å². The molecule has 8 rings (SSSR count). The minimum atomic E-state index is -3.83. The van der Waals surface area contributed by atoms with Gasteiger partial charge in [0.15, 0.2) is 11.5 Å². The molecular weight excluding hydrogens is 555 g/mol. The summed E-state index contributed by atoms with van der Waals surface area (Å²) in [4.78, 5) is 2.84. The Bertz CT molecular complexity index is 2010. The number of anilines is 3. The van der Waals surface area contributed by atoms with Gasteiger partial charge in [-0.2, -0.15) is 20.7 Å². The smallest absolute Gasteiger partial charge is 0.201 e. The highest BCUT2D eigenvalue weighted by molar-refractivity contribution is 7.92. The molecule has 0 radical (unpaired) electrons. The molecule has 0 aromatic heterocycles. The van der Waals surface area contributed by atoms with Gasteiger partial charge in [0.25, 0.3) is 0 Å². The van der Waals surface area contributed by atoms with Crippen molar-refractivity contribution in [2.24, 2.45) is 0 Å². The van der Waals surface area contributed by atoms with Gasteiger partial charge in [-0.1, -0.05) is 109 Å². The molecule has 4 nitrogen and oxygen atoms in total. The number of hydrogen-bond acceptors (Lipinski definition) is 4. The average molecular weight is 580 g/mol. The Morgan fingerprint density at radius 1 is 0.500 bits per heavy atom. The van der Waals surface area contributed by atoms with Crippen LogP contribution >= 0.6 is 0 Å². The molecule has 6 aromatic carbocycles. The predicted molar refractivity (Wildman–Crippen MR) is 170 cm³/mol. The van der Waals surface area contributed by atoms with Crippen LogP contribution in [0.3, 0.4) is 0 Å². The van der Waals surface area contributed by atoms with E-state index in [2.05, 4.69) is 41.3 Å². The van der Waals surface area contributed by atoms with Gasteiger partial charge in [-0.3, -0.25) is 0 Å². The third-order valence-corrected chi connectivity index (χ3v) is 15.4. The summed E-state index contributed by atoms with van der Waals surface area (Å²) in [6.07, 6.45) is 0. The van der Waals surface area contributed by atoms with Crippen molar-refractivity contribution in [3.8, 4) is 11.5 Å². The van der Waals surface area contributed by atoms with E-state index in [1.807, 2.05) is 109 Å². The predicted octanol–water partition coefficient (Wildman–Crippen LogP) is 5.79. The van der Waals surface area contributed by atoms with Crippen LogP contribution in [0, 0.1) is 0 Å². The second-order valence-electron chi connectivity index (χ2n) is 10.5. The van der Waals surface area contributed by atoms with Gasteiger partial charge in [-0.05, 0) is 50.5 Å². The molecule has 6 aromatic rings. The van der Waals surface area contributed by atoms with Gasteiger partial charge in [0.2, 0.25) is 9.84 Å². The van der Waals surface area contributed by atoms with Crippen LogP contribution in [-0.4, -0.2) is 16.5 Å². The van der Waals surface area contributed by atoms with Crippen molar-refractivity contribution in [2.45, 2.75) is 9.79 Å². The first-order valence-electron chi connectivity index (χ1n) is 13.9. The summed E-state index contributed by atoms with van der Waals surface area (Å²) in [6, 6.07) is 50.1. The van der Waals surface area contributed by atoms with Crippen LogP contribution in [0.2, 0.25) is 0 Å². The van der Waals surface area contributed by atoms with Crippen molar-refractivity contribution in [2.75, 3.05) is 4.90 Å². The number of para-hydroxylation sites is 4. The molecular formula is C36H25NO3SSi-. The van der Waals surface area contributed by atoms with E-state index >= 15 is 0 Å². The Hall–Kier alpha value is -4.91. The molecule has 203 valence electrons. The Labute approximate surface area is 246 Å². The van der Waals surface area contributed by atoms with E-state index in [-0.39, 0.29) is 0 Å². The molecule has 0 bridgehead atoms. The Balaban J connectivity index is 1.47. The average Bonchev–Trinajstić information content (AvgIpc) is 3.05. The van der Waals surface area contributed by atoms with Crippen molar-refractivity contribution in [1.82, 2.24) is 0 Å². The SMILES string of the molecule is O=S1(=O)c2ccccc2[Si-](c2ccccc2)(c2ccccc2)c2ccc(N3c4ccccc4Oc4ccccc43)cc21. The maximum atomic E-state index is 14.6. The van der Waals surface area contributed by atoms with Gasteiger partial charge < -0.3 is 9.64 Å². The molecule has 0 saturated carbocycles. The summed E-state index contributed by atoms with van der Waals surface area (Å²) in [7, 11) is -6.83. The molecule has 0 N–H and O–H groups in total. The normalized spacial score (nSPS) is 15.4. The summed E-state index contributed by atoms with van der Waals surface area (Å²) in [6.45, 7) is 0. The molecule has 6 heteroatoms. The van der Waals surface area contributed by atoms with Gasteiger partial charge in [-0.25, -0.2) is 8.42 Å². The highest BCUT2D eigenvalue weighted by Gasteiger charge is 2.41. The van der Waals surface area contributed by atoms with E-state index in [0.29, 0.717) is 9.79 Å². The van der Waals surface area contributed by atoms with Gasteiger partial charge >= 0.3 is 0 Å². The van der Waals surface area contributed by atoms with Crippen LogP contribution in [0.4, 0.5) is 17.1 Å². The molecule has 0 unspecified atom stereocenters. The molecule has 0 spiro atoms. The zero-order valence-corrected chi connectivity index (χ0v) is 24.3. The van der Waals surface area contributed by atoms with E-state index in [0.717, 1.165) is 49.3 Å². The minimum absolute atomic E-state index is 0.361. The van der Waals surface area contributed by atoms with Crippen molar-refractivity contribution in [1.29, 1.82) is 0 Å². The molecule has 0 saturated heterocycles. The molecule has 2 aliphatic heterocycles. The molecule has 42 heavy (non-hydrogen) atoms. The minimum Gasteiger partial charge on any atom is -0.453 e. The van der Waals surface area contributed by atoms with E-state index in [4.69, 9.17) is 4.74 Å². The highest BCUT2D eigenvalue weighted by Crippen LogP contribution is 2.50. The first-order chi connectivity index (χ1) is 20.6. The van der Waals surface area contributed by atoms with Crippen LogP contribution in [-0.2, 0) is 9.84 Å². The van der Waals surface area contributed by atoms with Gasteiger partial charge in [0.1, 0.15) is 0 Å². The maximum absolute atomic E-state index is 14.6. The molecule has 0 atom stereocenters. The number of rotatable bonds is 3. The number of benzene rings is 6. The summed E-state index contributed by atoms with van der Waals surface area (Å²) in [5.41, 5.74) is 2.49. The third-order valence-electron chi connectivity index (χ3n) is 8.34. The number of nitrogens with zero attached hydrogens (tertiary/aromatic N) is 1. The lowest BCUT2D eigenvalue weighted by molar-refractivity contribution is 0.477. The Morgan fingerprint density at radius 2 is 1.00 bits per heavy atom. The second-order valence-corrected chi connectivity index (χ2v) is 16.2. The lowest BCUT2D eigenvalue weighted by Gasteiger charge is -2.51. The molecule has 2 heterocycles. The summed E-state index contributed by atoms with van der Waals surface area (Å²) in [5, 5.41) is 4.06. The van der Waals surface area contributed by atoms with Gasteiger partial charge in [0.05, 0.1) is 11.4 Å². The topological polar surface area (TPSA) is 46.6 Å². The number of hydrogen-bond donors (Lipinski definition) is 0. The number of fused-ring (bicyclic) bond motifs is 4. The fourth-order valence-corrected chi connectivity index (χ4v) is 14.6. The van der Waals surface area contributed by atoms with Crippen LogP contribution in [0.1, 0.15) is 0 Å². The molecule has 2 aliphatic rings. The van der Waals surface area contributed by atoms with Crippen molar-refractivity contribution in [3.63, 3.8) is 0 Å². The Morgan fingerprint density at radius 3 is 1.62 bits per heavy atom. The molecule has 0 amide bonds. The summed E-state index contributed by atoms with van der Waals surface area (Å²) < 4.78 is 35.3. The lowest BCUT2D eigenvalue weighted by atomic mass is 10.1. The maximum Gasteiger partial charge on any atom is 0.201 e. The van der Waals surface area contributed by atoms with Crippen molar-refractivity contribution >= 4 is 55.7 Å². The molecule has 0 aliphatic carbocycles. The summed E-state index contributed by atoms with van der Waals surface area (Å²) in [5.74, 6) is 1.44. The number of sulfone groups is 1. The fourth-order valence-electron chi connectivity index (χ4n) is 6.60. The zero-order valence-electron chi connectivity index (χ0n) is 22.5. The van der Waals surface area contributed by atoms with Crippen LogP contribution in [0.5, 0.6) is 11.5 Å². The monoisotopic (exact) mass is 579 g/mol. The quantitative estimate of drug-likeness (QED) is 0.249. The van der Waals surface area contributed by atoms with Crippen molar-refractivity contribution in [3.05, 3.63) is 152 Å². The van der Waals surface area contributed by atoms with Crippen molar-refractivity contribution < 1.29 is 13.2 Å². The third kappa shape index (κ3) is 3.43. The van der Waals surface area contributed by atoms with E-state index in [9.17, 15) is 8.42 Å². The van der Waals surface area contributed by atoms with E-state index in [1.54, 1.807) is 6.07 Å². The molecule has 0 fully saturated rings.